The smallest absolute Gasteiger partial charge is 0.132 e. The molecule has 2 aliphatic carbocycles. The quantitative estimate of drug-likeness (QED) is 0.886. The fourth-order valence-corrected chi connectivity index (χ4v) is 3.60. The zero-order valence-corrected chi connectivity index (χ0v) is 12.8. The maximum atomic E-state index is 6.45. The molecule has 110 valence electrons. The molecule has 2 aliphatic rings. The molecule has 0 spiro atoms. The van der Waals surface area contributed by atoms with Crippen molar-refractivity contribution in [3.63, 3.8) is 0 Å². The number of aromatic nitrogens is 2. The highest BCUT2D eigenvalue weighted by Crippen LogP contribution is 2.45. The van der Waals surface area contributed by atoms with Crippen LogP contribution in [0.15, 0.2) is 24.3 Å². The van der Waals surface area contributed by atoms with Crippen molar-refractivity contribution in [1.29, 1.82) is 0 Å². The largest absolute Gasteiger partial charge is 0.383 e. The summed E-state index contributed by atoms with van der Waals surface area (Å²) in [5.41, 5.74) is 8.45. The second kappa shape index (κ2) is 5.06. The fourth-order valence-electron chi connectivity index (χ4n) is 3.47. The molecule has 0 aliphatic heterocycles. The van der Waals surface area contributed by atoms with E-state index in [1.807, 2.05) is 24.3 Å². The van der Waals surface area contributed by atoms with E-state index in [-0.39, 0.29) is 0 Å². The SMILES string of the molecule is Nc1c(-c2ccc(Cl)cc2)nc(C2CCCC2)n1C1CC1. The summed E-state index contributed by atoms with van der Waals surface area (Å²) in [4.78, 5) is 4.95. The van der Waals surface area contributed by atoms with Gasteiger partial charge in [0.15, 0.2) is 0 Å². The Morgan fingerprint density at radius 2 is 1.71 bits per heavy atom. The molecule has 0 amide bonds. The van der Waals surface area contributed by atoms with E-state index in [9.17, 15) is 0 Å². The minimum atomic E-state index is 0.578. The van der Waals surface area contributed by atoms with Gasteiger partial charge in [-0.1, -0.05) is 36.6 Å². The summed E-state index contributed by atoms with van der Waals surface area (Å²) in [5, 5.41) is 0.745. The molecule has 2 aromatic rings. The van der Waals surface area contributed by atoms with Crippen molar-refractivity contribution in [1.82, 2.24) is 9.55 Å². The molecule has 2 fully saturated rings. The lowest BCUT2D eigenvalue weighted by Crippen LogP contribution is -2.08. The number of nitrogens with two attached hydrogens (primary N) is 1. The van der Waals surface area contributed by atoms with Crippen LogP contribution in [0.25, 0.3) is 11.3 Å². The number of anilines is 1. The van der Waals surface area contributed by atoms with Crippen molar-refractivity contribution in [3.05, 3.63) is 35.1 Å². The monoisotopic (exact) mass is 301 g/mol. The normalized spacial score (nSPS) is 19.3. The second-order valence-electron chi connectivity index (χ2n) is 6.29. The van der Waals surface area contributed by atoms with Gasteiger partial charge in [0, 0.05) is 22.5 Å². The average Bonchev–Trinajstić information content (AvgIpc) is 3.05. The molecule has 2 N–H and O–H groups in total. The number of imidazole rings is 1. The van der Waals surface area contributed by atoms with Crippen molar-refractivity contribution >= 4 is 17.4 Å². The molecule has 4 heteroatoms. The fraction of sp³-hybridized carbons (Fsp3) is 0.471. The molecule has 1 aromatic carbocycles. The average molecular weight is 302 g/mol. The molecule has 4 rings (SSSR count). The van der Waals surface area contributed by atoms with Gasteiger partial charge in [0.2, 0.25) is 0 Å². The first-order valence-corrected chi connectivity index (χ1v) is 8.25. The summed E-state index contributed by atoms with van der Waals surface area (Å²) in [6.07, 6.45) is 7.61. The Morgan fingerprint density at radius 3 is 2.33 bits per heavy atom. The van der Waals surface area contributed by atoms with E-state index in [2.05, 4.69) is 4.57 Å². The lowest BCUT2D eigenvalue weighted by atomic mass is 10.1. The van der Waals surface area contributed by atoms with Gasteiger partial charge in [0.1, 0.15) is 17.3 Å². The number of rotatable bonds is 3. The Morgan fingerprint density at radius 1 is 1.05 bits per heavy atom. The summed E-state index contributed by atoms with van der Waals surface area (Å²) in [6, 6.07) is 8.41. The molecule has 1 heterocycles. The maximum Gasteiger partial charge on any atom is 0.132 e. The van der Waals surface area contributed by atoms with Crippen molar-refractivity contribution in [2.45, 2.75) is 50.5 Å². The Bertz CT molecular complexity index is 649. The van der Waals surface area contributed by atoms with E-state index in [0.717, 1.165) is 22.1 Å². The summed E-state index contributed by atoms with van der Waals surface area (Å²) in [7, 11) is 0. The van der Waals surface area contributed by atoms with Gasteiger partial charge in [-0.3, -0.25) is 0 Å². The minimum Gasteiger partial charge on any atom is -0.383 e. The summed E-state index contributed by atoms with van der Waals surface area (Å²) in [5.74, 6) is 2.65. The Kier molecular flexibility index (Phi) is 3.18. The van der Waals surface area contributed by atoms with E-state index >= 15 is 0 Å². The molecule has 3 nitrogen and oxygen atoms in total. The van der Waals surface area contributed by atoms with Crippen LogP contribution in [0.5, 0.6) is 0 Å². The Labute approximate surface area is 130 Å². The third-order valence-electron chi connectivity index (χ3n) is 4.73. The van der Waals surface area contributed by atoms with Gasteiger partial charge in [-0.15, -0.1) is 0 Å². The molecule has 21 heavy (non-hydrogen) atoms. The van der Waals surface area contributed by atoms with Crippen LogP contribution in [0.2, 0.25) is 5.02 Å². The van der Waals surface area contributed by atoms with E-state index in [0.29, 0.717) is 12.0 Å². The predicted octanol–water partition coefficient (Wildman–Crippen LogP) is 4.78. The van der Waals surface area contributed by atoms with E-state index in [1.54, 1.807) is 0 Å². The zero-order chi connectivity index (χ0) is 14.4. The number of hydrogen-bond acceptors (Lipinski definition) is 2. The molecule has 0 unspecified atom stereocenters. The molecule has 0 bridgehead atoms. The number of nitrogen functional groups attached to an aromatic ring is 1. The van der Waals surface area contributed by atoms with E-state index in [1.165, 1.54) is 44.3 Å². The Hall–Kier alpha value is -1.48. The molecule has 0 saturated heterocycles. The standard InChI is InChI=1S/C17H20ClN3/c18-13-7-5-11(6-8-13)15-16(19)21(14-9-10-14)17(20-15)12-3-1-2-4-12/h5-8,12,14H,1-4,9-10,19H2. The van der Waals surface area contributed by atoms with Gasteiger partial charge < -0.3 is 10.3 Å². The van der Waals surface area contributed by atoms with E-state index < -0.39 is 0 Å². The summed E-state index contributed by atoms with van der Waals surface area (Å²) >= 11 is 5.98. The molecule has 0 atom stereocenters. The van der Waals surface area contributed by atoms with Crippen LogP contribution >= 0.6 is 11.6 Å². The van der Waals surface area contributed by atoms with Crippen LogP contribution < -0.4 is 5.73 Å². The topological polar surface area (TPSA) is 43.8 Å². The highest BCUT2D eigenvalue weighted by Gasteiger charge is 2.33. The minimum absolute atomic E-state index is 0.578. The first-order valence-electron chi connectivity index (χ1n) is 7.87. The van der Waals surface area contributed by atoms with Crippen LogP contribution in [0.3, 0.4) is 0 Å². The molecular formula is C17H20ClN3. The first-order chi connectivity index (χ1) is 10.2. The van der Waals surface area contributed by atoms with Crippen LogP contribution in [-0.2, 0) is 0 Å². The van der Waals surface area contributed by atoms with Gasteiger partial charge in [-0.2, -0.15) is 0 Å². The number of benzene rings is 1. The molecule has 2 saturated carbocycles. The van der Waals surface area contributed by atoms with Crippen molar-refractivity contribution in [2.24, 2.45) is 0 Å². The van der Waals surface area contributed by atoms with Crippen LogP contribution in [-0.4, -0.2) is 9.55 Å². The summed E-state index contributed by atoms with van der Waals surface area (Å²) in [6.45, 7) is 0. The van der Waals surface area contributed by atoms with Crippen molar-refractivity contribution < 1.29 is 0 Å². The van der Waals surface area contributed by atoms with Gasteiger partial charge in [0.05, 0.1) is 0 Å². The highest BCUT2D eigenvalue weighted by molar-refractivity contribution is 6.30. The third-order valence-corrected chi connectivity index (χ3v) is 4.98. The lowest BCUT2D eigenvalue weighted by Gasteiger charge is -2.12. The number of nitrogens with zero attached hydrogens (tertiary/aromatic N) is 2. The van der Waals surface area contributed by atoms with Crippen LogP contribution in [0.1, 0.15) is 56.3 Å². The molecular weight excluding hydrogens is 282 g/mol. The van der Waals surface area contributed by atoms with Gasteiger partial charge in [-0.25, -0.2) is 4.98 Å². The van der Waals surface area contributed by atoms with E-state index in [4.69, 9.17) is 22.3 Å². The maximum absolute atomic E-state index is 6.45. The van der Waals surface area contributed by atoms with Crippen molar-refractivity contribution in [3.8, 4) is 11.3 Å². The number of hydrogen-bond donors (Lipinski definition) is 1. The van der Waals surface area contributed by atoms with Crippen LogP contribution in [0.4, 0.5) is 5.82 Å². The molecule has 0 radical (unpaired) electrons. The lowest BCUT2D eigenvalue weighted by molar-refractivity contribution is 0.596. The highest BCUT2D eigenvalue weighted by atomic mass is 35.5. The van der Waals surface area contributed by atoms with Gasteiger partial charge >= 0.3 is 0 Å². The summed E-state index contributed by atoms with van der Waals surface area (Å²) < 4.78 is 2.32. The van der Waals surface area contributed by atoms with Crippen molar-refractivity contribution in [2.75, 3.05) is 5.73 Å². The van der Waals surface area contributed by atoms with Gasteiger partial charge in [-0.05, 0) is 37.8 Å². The van der Waals surface area contributed by atoms with Gasteiger partial charge in [0.25, 0.3) is 0 Å². The predicted molar refractivity (Wildman–Crippen MR) is 86.6 cm³/mol. The first kappa shape index (κ1) is 13.2. The third kappa shape index (κ3) is 2.34. The van der Waals surface area contributed by atoms with Crippen LogP contribution in [0, 0.1) is 0 Å². The Balaban J connectivity index is 1.80. The second-order valence-corrected chi connectivity index (χ2v) is 6.73. The zero-order valence-electron chi connectivity index (χ0n) is 12.1. The molecule has 1 aromatic heterocycles. The number of halogens is 1.